The zero-order valence-corrected chi connectivity index (χ0v) is 22.6. The number of nitrogens with one attached hydrogen (secondary N) is 1. The molecule has 0 saturated carbocycles. The average molecular weight is 554 g/mol. The van der Waals surface area contributed by atoms with Crippen molar-refractivity contribution in [2.24, 2.45) is 0 Å². The third-order valence-corrected chi connectivity index (χ3v) is 7.35. The molecular formula is C30H31N7O4. The van der Waals surface area contributed by atoms with Crippen molar-refractivity contribution in [3.8, 4) is 0 Å². The van der Waals surface area contributed by atoms with E-state index in [1.54, 1.807) is 44.9 Å². The number of anilines is 2. The molecule has 2 aliphatic rings. The molecule has 2 aliphatic heterocycles. The lowest BCUT2D eigenvalue weighted by Crippen LogP contribution is -2.51. The van der Waals surface area contributed by atoms with E-state index in [4.69, 9.17) is 4.74 Å². The first-order valence-electron chi connectivity index (χ1n) is 13.7. The van der Waals surface area contributed by atoms with Crippen LogP contribution in [0.3, 0.4) is 0 Å². The molecule has 11 nitrogen and oxygen atoms in total. The molecule has 2 aromatic heterocycles. The van der Waals surface area contributed by atoms with Crippen LogP contribution in [0.2, 0.25) is 0 Å². The normalized spacial score (nSPS) is 15.7. The SMILES string of the molecule is O=C(Nc1ccc2nn(CC(=O)N3CCN(C(=O)c4ccccc4)CC3)cc2c1)c1cccc(N2CCOCC2)n1. The second kappa shape index (κ2) is 11.8. The minimum atomic E-state index is -0.299. The zero-order valence-electron chi connectivity index (χ0n) is 22.6. The van der Waals surface area contributed by atoms with E-state index >= 15 is 0 Å². The fourth-order valence-corrected chi connectivity index (χ4v) is 5.11. The number of carbonyl (C=O) groups excluding carboxylic acids is 3. The predicted molar refractivity (Wildman–Crippen MR) is 154 cm³/mol. The standard InChI is InChI=1S/C30H31N7O4/c38-28(35-11-13-36(14-12-35)30(40)22-5-2-1-3-6-22)21-37-20-23-19-24(9-10-25(23)33-37)31-29(39)26-7-4-8-27(32-26)34-15-17-41-18-16-34/h1-10,19-20H,11-18,21H2,(H,31,39). The van der Waals surface area contributed by atoms with Gasteiger partial charge in [0.1, 0.15) is 18.1 Å². The van der Waals surface area contributed by atoms with E-state index in [0.717, 1.165) is 29.8 Å². The quantitative estimate of drug-likeness (QED) is 0.390. The molecule has 0 radical (unpaired) electrons. The van der Waals surface area contributed by atoms with Crippen molar-refractivity contribution < 1.29 is 19.1 Å². The fourth-order valence-electron chi connectivity index (χ4n) is 5.11. The van der Waals surface area contributed by atoms with Crippen LogP contribution in [0.5, 0.6) is 0 Å². The molecule has 1 N–H and O–H groups in total. The van der Waals surface area contributed by atoms with Crippen LogP contribution in [0.1, 0.15) is 20.8 Å². The average Bonchev–Trinajstić information content (AvgIpc) is 3.43. The number of fused-ring (bicyclic) bond motifs is 1. The van der Waals surface area contributed by atoms with E-state index in [1.807, 2.05) is 42.5 Å². The smallest absolute Gasteiger partial charge is 0.274 e. The predicted octanol–water partition coefficient (Wildman–Crippen LogP) is 2.50. The summed E-state index contributed by atoms with van der Waals surface area (Å²) in [5.74, 6) is 0.391. The van der Waals surface area contributed by atoms with Crippen molar-refractivity contribution >= 4 is 40.1 Å². The van der Waals surface area contributed by atoms with Crippen LogP contribution in [0.15, 0.2) is 72.9 Å². The van der Waals surface area contributed by atoms with Gasteiger partial charge in [0.05, 0.1) is 18.7 Å². The van der Waals surface area contributed by atoms with Gasteiger partial charge in [0.25, 0.3) is 11.8 Å². The second-order valence-electron chi connectivity index (χ2n) is 10.1. The molecular weight excluding hydrogens is 522 g/mol. The molecule has 11 heteroatoms. The highest BCUT2D eigenvalue weighted by atomic mass is 16.5. The molecule has 0 spiro atoms. The molecule has 0 bridgehead atoms. The summed E-state index contributed by atoms with van der Waals surface area (Å²) in [5.41, 5.74) is 2.33. The van der Waals surface area contributed by atoms with Crippen molar-refractivity contribution in [3.63, 3.8) is 0 Å². The van der Waals surface area contributed by atoms with Gasteiger partial charge in [-0.1, -0.05) is 24.3 Å². The van der Waals surface area contributed by atoms with Crippen molar-refractivity contribution in [3.05, 3.63) is 84.2 Å². The van der Waals surface area contributed by atoms with Crippen molar-refractivity contribution in [1.29, 1.82) is 0 Å². The van der Waals surface area contributed by atoms with Crippen molar-refractivity contribution in [2.75, 3.05) is 62.7 Å². The maximum absolute atomic E-state index is 13.0. The Labute approximate surface area is 237 Å². The number of rotatable bonds is 6. The van der Waals surface area contributed by atoms with Gasteiger partial charge in [0.2, 0.25) is 5.91 Å². The largest absolute Gasteiger partial charge is 0.378 e. The summed E-state index contributed by atoms with van der Waals surface area (Å²) < 4.78 is 7.02. The number of hydrogen-bond acceptors (Lipinski definition) is 7. The first-order valence-corrected chi connectivity index (χ1v) is 13.7. The van der Waals surface area contributed by atoms with E-state index in [1.165, 1.54) is 0 Å². The van der Waals surface area contributed by atoms with Crippen molar-refractivity contribution in [2.45, 2.75) is 6.54 Å². The Morgan fingerprint density at radius 3 is 2.37 bits per heavy atom. The van der Waals surface area contributed by atoms with Crippen LogP contribution in [0.25, 0.3) is 10.9 Å². The monoisotopic (exact) mass is 553 g/mol. The Hall–Kier alpha value is -4.77. The van der Waals surface area contributed by atoms with Crippen LogP contribution >= 0.6 is 0 Å². The summed E-state index contributed by atoms with van der Waals surface area (Å²) in [7, 11) is 0. The number of benzene rings is 2. The highest BCUT2D eigenvalue weighted by molar-refractivity contribution is 6.04. The van der Waals surface area contributed by atoms with Crippen LogP contribution in [-0.2, 0) is 16.1 Å². The molecule has 4 heterocycles. The summed E-state index contributed by atoms with van der Waals surface area (Å²) in [4.78, 5) is 48.8. The van der Waals surface area contributed by atoms with Gasteiger partial charge in [-0.15, -0.1) is 0 Å². The summed E-state index contributed by atoms with van der Waals surface area (Å²) in [5, 5.41) is 8.26. The first-order chi connectivity index (χ1) is 20.0. The summed E-state index contributed by atoms with van der Waals surface area (Å²) in [6.45, 7) is 4.82. The molecule has 2 saturated heterocycles. The van der Waals surface area contributed by atoms with Gasteiger partial charge in [0, 0.05) is 62.1 Å². The molecule has 2 aromatic carbocycles. The van der Waals surface area contributed by atoms with Gasteiger partial charge >= 0.3 is 0 Å². The number of ether oxygens (including phenoxy) is 1. The minimum Gasteiger partial charge on any atom is -0.378 e. The highest BCUT2D eigenvalue weighted by Crippen LogP contribution is 2.20. The Morgan fingerprint density at radius 1 is 0.829 bits per heavy atom. The third kappa shape index (κ3) is 6.04. The van der Waals surface area contributed by atoms with Gasteiger partial charge in [0.15, 0.2) is 0 Å². The highest BCUT2D eigenvalue weighted by Gasteiger charge is 2.25. The van der Waals surface area contributed by atoms with Gasteiger partial charge < -0.3 is 24.8 Å². The van der Waals surface area contributed by atoms with E-state index in [0.29, 0.717) is 56.3 Å². The first kappa shape index (κ1) is 26.5. The topological polar surface area (TPSA) is 113 Å². The van der Waals surface area contributed by atoms with Gasteiger partial charge in [-0.3, -0.25) is 19.1 Å². The lowest BCUT2D eigenvalue weighted by atomic mass is 10.2. The van der Waals surface area contributed by atoms with Crippen molar-refractivity contribution in [1.82, 2.24) is 24.6 Å². The Morgan fingerprint density at radius 2 is 1.59 bits per heavy atom. The molecule has 0 aliphatic carbocycles. The Kier molecular flexibility index (Phi) is 7.59. The van der Waals surface area contributed by atoms with Crippen LogP contribution in [0.4, 0.5) is 11.5 Å². The van der Waals surface area contributed by atoms with E-state index < -0.39 is 0 Å². The second-order valence-corrected chi connectivity index (χ2v) is 10.1. The zero-order chi connectivity index (χ0) is 28.2. The Bertz CT molecular complexity index is 1560. The number of hydrogen-bond donors (Lipinski definition) is 1. The molecule has 0 unspecified atom stereocenters. The van der Waals surface area contributed by atoms with E-state index in [2.05, 4.69) is 20.3 Å². The molecule has 4 aromatic rings. The minimum absolute atomic E-state index is 0.0143. The van der Waals surface area contributed by atoms with Crippen LogP contribution in [-0.4, -0.2) is 94.8 Å². The third-order valence-electron chi connectivity index (χ3n) is 7.35. The van der Waals surface area contributed by atoms with Crippen LogP contribution < -0.4 is 10.2 Å². The van der Waals surface area contributed by atoms with E-state index in [9.17, 15) is 14.4 Å². The summed E-state index contributed by atoms with van der Waals surface area (Å²) in [6.07, 6.45) is 1.80. The molecule has 3 amide bonds. The molecule has 0 atom stereocenters. The number of piperazine rings is 1. The lowest BCUT2D eigenvalue weighted by Gasteiger charge is -2.34. The van der Waals surface area contributed by atoms with Crippen LogP contribution in [0, 0.1) is 0 Å². The fraction of sp³-hybridized carbons (Fsp3) is 0.300. The lowest BCUT2D eigenvalue weighted by molar-refractivity contribution is -0.133. The number of pyridine rings is 1. The molecule has 210 valence electrons. The number of amides is 3. The Balaban J connectivity index is 1.05. The van der Waals surface area contributed by atoms with Gasteiger partial charge in [-0.05, 0) is 42.5 Å². The maximum atomic E-state index is 13.0. The number of morpholine rings is 1. The molecule has 41 heavy (non-hydrogen) atoms. The van der Waals surface area contributed by atoms with Gasteiger partial charge in [-0.25, -0.2) is 4.98 Å². The number of aromatic nitrogens is 3. The number of nitrogens with zero attached hydrogens (tertiary/aromatic N) is 6. The number of carbonyl (C=O) groups is 3. The van der Waals surface area contributed by atoms with E-state index in [-0.39, 0.29) is 24.3 Å². The summed E-state index contributed by atoms with van der Waals surface area (Å²) in [6, 6.07) is 20.0. The molecule has 2 fully saturated rings. The summed E-state index contributed by atoms with van der Waals surface area (Å²) >= 11 is 0. The van der Waals surface area contributed by atoms with Gasteiger partial charge in [-0.2, -0.15) is 5.10 Å². The molecule has 6 rings (SSSR count). The maximum Gasteiger partial charge on any atom is 0.274 e.